The van der Waals surface area contributed by atoms with E-state index in [0.717, 1.165) is 16.1 Å². The minimum Gasteiger partial charge on any atom is -0.385 e. The van der Waals surface area contributed by atoms with Gasteiger partial charge in [-0.15, -0.1) is 0 Å². The number of amides is 3. The lowest BCUT2D eigenvalue weighted by Gasteiger charge is -2.14. The Labute approximate surface area is 214 Å². The molecular formula is C28H27N3O4S. The van der Waals surface area contributed by atoms with E-state index in [-0.39, 0.29) is 30.0 Å². The van der Waals surface area contributed by atoms with E-state index < -0.39 is 0 Å². The van der Waals surface area contributed by atoms with Crippen molar-refractivity contribution in [2.24, 2.45) is 0 Å². The molecule has 184 valence electrons. The minimum atomic E-state index is -0.368. The zero-order chi connectivity index (χ0) is 25.5. The molecule has 4 rings (SSSR count). The van der Waals surface area contributed by atoms with Crippen LogP contribution in [0.4, 0.5) is 11.4 Å². The van der Waals surface area contributed by atoms with Crippen LogP contribution in [0.25, 0.3) is 0 Å². The van der Waals surface area contributed by atoms with Gasteiger partial charge in [-0.1, -0.05) is 53.7 Å². The summed E-state index contributed by atoms with van der Waals surface area (Å²) in [6.45, 7) is 2.70. The second-order valence-corrected chi connectivity index (χ2v) is 9.34. The van der Waals surface area contributed by atoms with Crippen LogP contribution in [0.2, 0.25) is 0 Å². The summed E-state index contributed by atoms with van der Waals surface area (Å²) in [7, 11) is 1.58. The Kier molecular flexibility index (Phi) is 8.20. The Hall–Kier alpha value is -3.88. The monoisotopic (exact) mass is 501 g/mol. The first kappa shape index (κ1) is 25.2. The number of aryl methyl sites for hydroxylation is 1. The highest BCUT2D eigenvalue weighted by Gasteiger charge is 2.38. The fourth-order valence-corrected chi connectivity index (χ4v) is 4.66. The van der Waals surface area contributed by atoms with Crippen molar-refractivity contribution in [2.45, 2.75) is 18.2 Å². The van der Waals surface area contributed by atoms with Crippen LogP contribution in [-0.2, 0) is 14.3 Å². The van der Waals surface area contributed by atoms with Gasteiger partial charge in [0.05, 0.1) is 0 Å². The first-order chi connectivity index (χ1) is 17.5. The van der Waals surface area contributed by atoms with Gasteiger partial charge in [-0.05, 0) is 55.8 Å². The third kappa shape index (κ3) is 6.02. The number of hydrogen-bond acceptors (Lipinski definition) is 6. The number of hydrogen-bond donors (Lipinski definition) is 2. The number of benzene rings is 3. The van der Waals surface area contributed by atoms with Crippen molar-refractivity contribution in [1.29, 1.82) is 0 Å². The van der Waals surface area contributed by atoms with Gasteiger partial charge in [0.1, 0.15) is 10.6 Å². The van der Waals surface area contributed by atoms with Gasteiger partial charge in [-0.25, -0.2) is 0 Å². The van der Waals surface area contributed by atoms with E-state index in [1.165, 1.54) is 16.7 Å². The molecule has 1 heterocycles. The van der Waals surface area contributed by atoms with Crippen molar-refractivity contribution in [3.8, 4) is 0 Å². The summed E-state index contributed by atoms with van der Waals surface area (Å²) in [5, 5.41) is 6.04. The number of methoxy groups -OCH3 is 1. The van der Waals surface area contributed by atoms with Gasteiger partial charge >= 0.3 is 0 Å². The molecule has 3 amide bonds. The predicted octanol–water partition coefficient (Wildman–Crippen LogP) is 5.07. The van der Waals surface area contributed by atoms with Crippen molar-refractivity contribution in [3.63, 3.8) is 0 Å². The molecule has 0 bridgehead atoms. The Morgan fingerprint density at radius 3 is 2.39 bits per heavy atom. The Morgan fingerprint density at radius 1 is 0.917 bits per heavy atom. The molecule has 1 aliphatic heterocycles. The van der Waals surface area contributed by atoms with Gasteiger partial charge in [0.25, 0.3) is 17.7 Å². The highest BCUT2D eigenvalue weighted by atomic mass is 32.2. The molecule has 0 fully saturated rings. The number of nitrogens with zero attached hydrogens (tertiary/aromatic N) is 1. The van der Waals surface area contributed by atoms with Gasteiger partial charge in [0, 0.05) is 42.1 Å². The smallest absolute Gasteiger partial charge is 0.278 e. The molecule has 0 saturated heterocycles. The number of thioether (sulfide) groups is 1. The van der Waals surface area contributed by atoms with Gasteiger partial charge in [-0.3, -0.25) is 19.3 Å². The third-order valence-electron chi connectivity index (χ3n) is 5.52. The zero-order valence-electron chi connectivity index (χ0n) is 20.1. The first-order valence-electron chi connectivity index (χ1n) is 11.5. The molecule has 7 nitrogen and oxygen atoms in total. The first-order valence-corrected chi connectivity index (χ1v) is 12.4. The van der Waals surface area contributed by atoms with Gasteiger partial charge in [0.2, 0.25) is 0 Å². The van der Waals surface area contributed by atoms with Crippen LogP contribution in [0.3, 0.4) is 0 Å². The van der Waals surface area contributed by atoms with Crippen LogP contribution in [0, 0.1) is 6.92 Å². The molecule has 3 aromatic rings. The maximum absolute atomic E-state index is 13.3. The SMILES string of the molecule is COCCCN1C(=O)C(Nc2ccc(C)cc2)=C(Sc2cccc(NC(=O)c3ccccc3)c2)C1=O. The summed E-state index contributed by atoms with van der Waals surface area (Å²) in [5.74, 6) is -0.947. The fraction of sp³-hybridized carbons (Fsp3) is 0.179. The maximum Gasteiger partial charge on any atom is 0.278 e. The van der Waals surface area contributed by atoms with Crippen molar-refractivity contribution >= 4 is 40.9 Å². The van der Waals surface area contributed by atoms with Crippen molar-refractivity contribution < 1.29 is 19.1 Å². The van der Waals surface area contributed by atoms with E-state index in [1.807, 2.05) is 43.3 Å². The molecular weight excluding hydrogens is 474 g/mol. The second kappa shape index (κ2) is 11.7. The van der Waals surface area contributed by atoms with Crippen molar-refractivity contribution in [1.82, 2.24) is 4.90 Å². The molecule has 3 aromatic carbocycles. The van der Waals surface area contributed by atoms with Crippen LogP contribution in [0.5, 0.6) is 0 Å². The molecule has 0 atom stereocenters. The number of ether oxygens (including phenoxy) is 1. The number of rotatable bonds is 10. The Bertz CT molecular complexity index is 1290. The lowest BCUT2D eigenvalue weighted by molar-refractivity contribution is -0.137. The van der Waals surface area contributed by atoms with E-state index in [2.05, 4.69) is 10.6 Å². The summed E-state index contributed by atoms with van der Waals surface area (Å²) in [4.78, 5) is 41.4. The third-order valence-corrected chi connectivity index (χ3v) is 6.60. The Balaban J connectivity index is 1.58. The van der Waals surface area contributed by atoms with Crippen LogP contribution >= 0.6 is 11.8 Å². The second-order valence-electron chi connectivity index (χ2n) is 8.25. The summed E-state index contributed by atoms with van der Waals surface area (Å²) >= 11 is 1.20. The number of carbonyl (C=O) groups is 3. The molecule has 0 aliphatic carbocycles. The van der Waals surface area contributed by atoms with Crippen LogP contribution in [0.15, 0.2) is 94.4 Å². The fourth-order valence-electron chi connectivity index (χ4n) is 3.66. The van der Waals surface area contributed by atoms with E-state index in [4.69, 9.17) is 4.74 Å². The van der Waals surface area contributed by atoms with Gasteiger partial charge < -0.3 is 15.4 Å². The molecule has 8 heteroatoms. The summed E-state index contributed by atoms with van der Waals surface area (Å²) in [6, 6.07) is 23.8. The maximum atomic E-state index is 13.3. The van der Waals surface area contributed by atoms with E-state index in [1.54, 1.807) is 49.6 Å². The standard InChI is InChI=1S/C28H27N3O4S/c1-19-12-14-21(15-13-19)29-24-25(28(34)31(27(24)33)16-7-17-35-2)36-23-11-6-10-22(18-23)30-26(32)20-8-4-3-5-9-20/h3-6,8-15,18,29H,7,16-17H2,1-2H3,(H,30,32). The summed E-state index contributed by atoms with van der Waals surface area (Å²) < 4.78 is 5.09. The van der Waals surface area contributed by atoms with Crippen LogP contribution < -0.4 is 10.6 Å². The van der Waals surface area contributed by atoms with E-state index in [9.17, 15) is 14.4 Å². The normalized spacial score (nSPS) is 13.3. The number of imide groups is 1. The molecule has 0 aromatic heterocycles. The largest absolute Gasteiger partial charge is 0.385 e. The highest BCUT2D eigenvalue weighted by molar-refractivity contribution is 8.04. The Morgan fingerprint density at radius 2 is 1.67 bits per heavy atom. The number of nitrogens with one attached hydrogen (secondary N) is 2. The van der Waals surface area contributed by atoms with Crippen LogP contribution in [0.1, 0.15) is 22.3 Å². The molecule has 1 aliphatic rings. The van der Waals surface area contributed by atoms with Gasteiger partial charge in [0.15, 0.2) is 0 Å². The van der Waals surface area contributed by atoms with Gasteiger partial charge in [-0.2, -0.15) is 0 Å². The quantitative estimate of drug-likeness (QED) is 0.298. The van der Waals surface area contributed by atoms with Crippen LogP contribution in [-0.4, -0.2) is 42.9 Å². The summed E-state index contributed by atoms with van der Waals surface area (Å²) in [6.07, 6.45) is 0.546. The van der Waals surface area contributed by atoms with Crippen molar-refractivity contribution in [3.05, 3.63) is 101 Å². The topological polar surface area (TPSA) is 87.7 Å². The lowest BCUT2D eigenvalue weighted by atomic mass is 10.2. The average Bonchev–Trinajstić information content (AvgIpc) is 3.10. The lowest BCUT2D eigenvalue weighted by Crippen LogP contribution is -2.33. The molecule has 0 saturated carbocycles. The average molecular weight is 502 g/mol. The molecule has 2 N–H and O–H groups in total. The molecule has 0 radical (unpaired) electrons. The van der Waals surface area contributed by atoms with Crippen molar-refractivity contribution in [2.75, 3.05) is 30.9 Å². The highest BCUT2D eigenvalue weighted by Crippen LogP contribution is 2.36. The predicted molar refractivity (Wildman–Crippen MR) is 142 cm³/mol. The summed E-state index contributed by atoms with van der Waals surface area (Å²) in [5.41, 5.74) is 3.19. The number of anilines is 2. The van der Waals surface area contributed by atoms with E-state index >= 15 is 0 Å². The molecule has 36 heavy (non-hydrogen) atoms. The zero-order valence-corrected chi connectivity index (χ0v) is 20.9. The van der Waals surface area contributed by atoms with E-state index in [0.29, 0.717) is 29.2 Å². The molecule has 0 unspecified atom stereocenters. The minimum absolute atomic E-state index is 0.227. The number of carbonyl (C=O) groups excluding carboxylic acids is 3. The molecule has 0 spiro atoms.